The minimum Gasteiger partial charge on any atom is -0.481 e. The lowest BCUT2D eigenvalue weighted by molar-refractivity contribution is -0.138. The predicted molar refractivity (Wildman–Crippen MR) is 58.0 cm³/mol. The highest BCUT2D eigenvalue weighted by atomic mass is 32.2. The number of para-hydroxylation sites is 1. The average Bonchev–Trinajstić information content (AvgIpc) is 2.15. The van der Waals surface area contributed by atoms with Gasteiger partial charge in [0, 0.05) is 5.56 Å². The molecule has 0 aliphatic rings. The van der Waals surface area contributed by atoms with Crippen LogP contribution in [0.2, 0.25) is 0 Å². The Morgan fingerprint density at radius 3 is 2.44 bits per heavy atom. The molecule has 0 heterocycles. The van der Waals surface area contributed by atoms with Crippen LogP contribution in [-0.2, 0) is 14.9 Å². The van der Waals surface area contributed by atoms with Crippen LogP contribution in [0, 0.1) is 0 Å². The molecule has 1 aromatic rings. The van der Waals surface area contributed by atoms with Crippen LogP contribution in [0.4, 0.5) is 0 Å². The van der Waals surface area contributed by atoms with Gasteiger partial charge in [-0.05, 0) is 13.0 Å². The first kappa shape index (κ1) is 12.5. The Hall–Kier alpha value is -1.56. The fourth-order valence-electron chi connectivity index (χ4n) is 1.21. The monoisotopic (exact) mass is 244 g/mol. The summed E-state index contributed by atoms with van der Waals surface area (Å²) in [5.41, 5.74) is 0.334. The molecular formula is C10H12O5S. The minimum atomic E-state index is -3.65. The summed E-state index contributed by atoms with van der Waals surface area (Å²) in [6.45, 7) is 1.47. The molecule has 0 aliphatic carbocycles. The van der Waals surface area contributed by atoms with Crippen molar-refractivity contribution in [2.24, 2.45) is 0 Å². The third-order valence-electron chi connectivity index (χ3n) is 2.00. The van der Waals surface area contributed by atoms with Crippen molar-refractivity contribution in [3.63, 3.8) is 0 Å². The van der Waals surface area contributed by atoms with Gasteiger partial charge in [-0.15, -0.1) is 0 Å². The molecule has 1 N–H and O–H groups in total. The van der Waals surface area contributed by atoms with Gasteiger partial charge < -0.3 is 9.29 Å². The molecule has 1 atom stereocenters. The van der Waals surface area contributed by atoms with Gasteiger partial charge >= 0.3 is 16.1 Å². The summed E-state index contributed by atoms with van der Waals surface area (Å²) in [4.78, 5) is 10.8. The maximum absolute atomic E-state index is 11.0. The predicted octanol–water partition coefficient (Wildman–Crippen LogP) is 1.21. The van der Waals surface area contributed by atoms with Gasteiger partial charge in [0.2, 0.25) is 0 Å². The summed E-state index contributed by atoms with van der Waals surface area (Å²) in [5.74, 6) is -1.80. The van der Waals surface area contributed by atoms with E-state index in [0.717, 1.165) is 6.26 Å². The number of carboxylic acid groups (broad SMARTS) is 1. The molecule has 0 bridgehead atoms. The lowest BCUT2D eigenvalue weighted by Crippen LogP contribution is -2.12. The SMILES string of the molecule is C[C@H](C(=O)O)c1ccccc1OS(C)(=O)=O. The summed E-state index contributed by atoms with van der Waals surface area (Å²) in [7, 11) is -3.65. The zero-order valence-corrected chi connectivity index (χ0v) is 9.69. The molecule has 0 unspecified atom stereocenters. The van der Waals surface area contributed by atoms with Crippen LogP contribution in [0.1, 0.15) is 18.4 Å². The topological polar surface area (TPSA) is 80.7 Å². The summed E-state index contributed by atoms with van der Waals surface area (Å²) in [6.07, 6.45) is 0.912. The van der Waals surface area contributed by atoms with Crippen molar-refractivity contribution < 1.29 is 22.5 Å². The van der Waals surface area contributed by atoms with Crippen LogP contribution < -0.4 is 4.18 Å². The molecule has 0 saturated heterocycles. The molecule has 16 heavy (non-hydrogen) atoms. The van der Waals surface area contributed by atoms with Gasteiger partial charge in [0.05, 0.1) is 12.2 Å². The molecule has 0 saturated carbocycles. The van der Waals surface area contributed by atoms with Crippen LogP contribution in [0.15, 0.2) is 24.3 Å². The second-order valence-electron chi connectivity index (χ2n) is 3.39. The molecule has 0 aliphatic heterocycles. The number of rotatable bonds is 4. The highest BCUT2D eigenvalue weighted by Crippen LogP contribution is 2.27. The maximum atomic E-state index is 11.0. The van der Waals surface area contributed by atoms with Crippen LogP contribution in [0.25, 0.3) is 0 Å². The van der Waals surface area contributed by atoms with E-state index in [-0.39, 0.29) is 5.75 Å². The second-order valence-corrected chi connectivity index (χ2v) is 4.96. The van der Waals surface area contributed by atoms with E-state index >= 15 is 0 Å². The first-order chi connectivity index (χ1) is 7.31. The van der Waals surface area contributed by atoms with E-state index in [1.165, 1.54) is 19.1 Å². The molecule has 6 heteroatoms. The largest absolute Gasteiger partial charge is 0.481 e. The molecule has 88 valence electrons. The van der Waals surface area contributed by atoms with Crippen molar-refractivity contribution >= 4 is 16.1 Å². The highest BCUT2D eigenvalue weighted by molar-refractivity contribution is 7.86. The Bertz CT molecular complexity index is 492. The molecule has 0 spiro atoms. The third-order valence-corrected chi connectivity index (χ3v) is 2.48. The highest BCUT2D eigenvalue weighted by Gasteiger charge is 2.19. The molecule has 1 rings (SSSR count). The van der Waals surface area contributed by atoms with Gasteiger partial charge in [0.1, 0.15) is 5.75 Å². The van der Waals surface area contributed by atoms with Crippen LogP contribution in [0.5, 0.6) is 5.75 Å². The van der Waals surface area contributed by atoms with E-state index in [1.807, 2.05) is 0 Å². The van der Waals surface area contributed by atoms with Crippen molar-refractivity contribution in [2.45, 2.75) is 12.8 Å². The lowest BCUT2D eigenvalue weighted by Gasteiger charge is -2.12. The number of carbonyl (C=O) groups is 1. The Balaban J connectivity index is 3.15. The average molecular weight is 244 g/mol. The van der Waals surface area contributed by atoms with Crippen molar-refractivity contribution in [3.8, 4) is 5.75 Å². The number of hydrogen-bond acceptors (Lipinski definition) is 4. The van der Waals surface area contributed by atoms with E-state index in [4.69, 9.17) is 9.29 Å². The zero-order valence-electron chi connectivity index (χ0n) is 8.88. The van der Waals surface area contributed by atoms with Gasteiger partial charge in [0.25, 0.3) is 0 Å². The Morgan fingerprint density at radius 1 is 1.38 bits per heavy atom. The molecule has 0 amide bonds. The van der Waals surface area contributed by atoms with Gasteiger partial charge in [0.15, 0.2) is 0 Å². The smallest absolute Gasteiger partial charge is 0.310 e. The number of carboxylic acids is 1. The van der Waals surface area contributed by atoms with Gasteiger partial charge in [-0.2, -0.15) is 8.42 Å². The normalized spacial score (nSPS) is 13.1. The van der Waals surface area contributed by atoms with Crippen molar-refractivity contribution in [3.05, 3.63) is 29.8 Å². The van der Waals surface area contributed by atoms with Crippen LogP contribution in [-0.4, -0.2) is 25.7 Å². The third kappa shape index (κ3) is 3.23. The van der Waals surface area contributed by atoms with Crippen LogP contribution in [0.3, 0.4) is 0 Å². The van der Waals surface area contributed by atoms with Gasteiger partial charge in [-0.25, -0.2) is 0 Å². The number of aliphatic carboxylic acids is 1. The number of benzene rings is 1. The molecule has 0 radical (unpaired) electrons. The minimum absolute atomic E-state index is 0.0555. The Kier molecular flexibility index (Phi) is 3.54. The van der Waals surface area contributed by atoms with E-state index in [1.54, 1.807) is 12.1 Å². The van der Waals surface area contributed by atoms with Gasteiger partial charge in [-0.1, -0.05) is 18.2 Å². The summed E-state index contributed by atoms with van der Waals surface area (Å²) in [6, 6.07) is 6.16. The molecular weight excluding hydrogens is 232 g/mol. The maximum Gasteiger partial charge on any atom is 0.310 e. The second kappa shape index (κ2) is 4.52. The number of hydrogen-bond donors (Lipinski definition) is 1. The van der Waals surface area contributed by atoms with E-state index in [9.17, 15) is 13.2 Å². The van der Waals surface area contributed by atoms with Crippen molar-refractivity contribution in [2.75, 3.05) is 6.26 Å². The Labute approximate surface area is 93.8 Å². The first-order valence-corrected chi connectivity index (χ1v) is 6.34. The fourth-order valence-corrected chi connectivity index (χ4v) is 1.69. The lowest BCUT2D eigenvalue weighted by atomic mass is 10.0. The molecule has 0 aromatic heterocycles. The molecule has 0 fully saturated rings. The summed E-state index contributed by atoms with van der Waals surface area (Å²) < 4.78 is 26.7. The van der Waals surface area contributed by atoms with Gasteiger partial charge in [-0.3, -0.25) is 4.79 Å². The van der Waals surface area contributed by atoms with E-state index in [2.05, 4.69) is 0 Å². The first-order valence-electron chi connectivity index (χ1n) is 4.52. The quantitative estimate of drug-likeness (QED) is 0.805. The molecule has 5 nitrogen and oxygen atoms in total. The Morgan fingerprint density at radius 2 is 1.94 bits per heavy atom. The van der Waals surface area contributed by atoms with E-state index < -0.39 is 22.0 Å². The fraction of sp³-hybridized carbons (Fsp3) is 0.300. The summed E-state index contributed by atoms with van der Waals surface area (Å²) in [5, 5.41) is 8.85. The van der Waals surface area contributed by atoms with Crippen molar-refractivity contribution in [1.82, 2.24) is 0 Å². The van der Waals surface area contributed by atoms with Crippen molar-refractivity contribution in [1.29, 1.82) is 0 Å². The zero-order chi connectivity index (χ0) is 12.3. The van der Waals surface area contributed by atoms with E-state index in [0.29, 0.717) is 5.56 Å². The molecule has 1 aromatic carbocycles. The van der Waals surface area contributed by atoms with Crippen LogP contribution >= 0.6 is 0 Å². The standard InChI is InChI=1S/C10H12O5S/c1-7(10(11)12)8-5-3-4-6-9(8)15-16(2,13)14/h3-7H,1-2H3,(H,11,12)/t7-/m0/s1. The summed E-state index contributed by atoms with van der Waals surface area (Å²) >= 11 is 0.